The highest BCUT2D eigenvalue weighted by atomic mass is 32.1. The zero-order valence-electron chi connectivity index (χ0n) is 17.1. The largest absolute Gasteiger partial charge is 0.433 e. The quantitative estimate of drug-likeness (QED) is 0.213. The molecule has 0 spiro atoms. The van der Waals surface area contributed by atoms with Crippen molar-refractivity contribution in [2.45, 2.75) is 6.42 Å². The predicted octanol–water partition coefficient (Wildman–Crippen LogP) is 4.65. The fourth-order valence-corrected chi connectivity index (χ4v) is 3.89. The third-order valence-corrected chi connectivity index (χ3v) is 5.50. The molecule has 0 atom stereocenters. The van der Waals surface area contributed by atoms with Crippen LogP contribution in [0, 0.1) is 20.2 Å². The van der Waals surface area contributed by atoms with Gasteiger partial charge in [0, 0.05) is 29.6 Å². The Hall–Kier alpha value is -4.38. The van der Waals surface area contributed by atoms with E-state index in [4.69, 9.17) is 4.42 Å². The molecule has 0 fully saturated rings. The van der Waals surface area contributed by atoms with Crippen LogP contribution in [-0.4, -0.2) is 27.3 Å². The minimum Gasteiger partial charge on any atom is -0.400 e. The van der Waals surface area contributed by atoms with E-state index in [1.165, 1.54) is 41.8 Å². The summed E-state index contributed by atoms with van der Waals surface area (Å²) in [6.07, 6.45) is 2.12. The minimum atomic E-state index is -0.623. The summed E-state index contributed by atoms with van der Waals surface area (Å²) in [7, 11) is 0. The smallest absolute Gasteiger partial charge is 0.400 e. The number of aromatic nitrogens is 1. The summed E-state index contributed by atoms with van der Waals surface area (Å²) in [4.78, 5) is 26.0. The molecule has 0 saturated heterocycles. The molecule has 33 heavy (non-hydrogen) atoms. The summed E-state index contributed by atoms with van der Waals surface area (Å²) in [5.74, 6) is -0.166. The molecule has 0 aliphatic heterocycles. The Bertz CT molecular complexity index is 1370. The van der Waals surface area contributed by atoms with Crippen molar-refractivity contribution in [1.29, 1.82) is 0 Å². The fourth-order valence-electron chi connectivity index (χ4n) is 3.02. The number of nitro groups is 2. The highest BCUT2D eigenvalue weighted by Gasteiger charge is 2.12. The molecular weight excluding hydrogens is 446 g/mol. The average molecular weight is 463 g/mol. The second-order valence-electron chi connectivity index (χ2n) is 6.81. The molecule has 0 radical (unpaired) electrons. The first-order valence-corrected chi connectivity index (χ1v) is 10.7. The maximum absolute atomic E-state index is 11.0. The standard InChI is InChI=1S/C22H17N5O5S/c28-26(29)18-8-6-17(7-9-18)20-15-33-22(23-13-12-16-4-2-1-3-5-16)25(20)24-14-19-10-11-21(32-19)27(30)31/h1-11,14-15H,12-13H2. The van der Waals surface area contributed by atoms with E-state index in [-0.39, 0.29) is 17.3 Å². The van der Waals surface area contributed by atoms with Crippen molar-refractivity contribution in [2.24, 2.45) is 10.1 Å². The molecule has 4 aromatic rings. The van der Waals surface area contributed by atoms with Crippen LogP contribution in [0.5, 0.6) is 0 Å². The summed E-state index contributed by atoms with van der Waals surface area (Å²) in [5, 5.41) is 28.1. The Labute approximate surface area is 191 Å². The molecule has 0 N–H and O–H groups in total. The molecular formula is C22H17N5O5S. The number of hydrogen-bond acceptors (Lipinski definition) is 8. The molecule has 11 heteroatoms. The molecule has 2 aromatic heterocycles. The Morgan fingerprint density at radius 3 is 2.39 bits per heavy atom. The van der Waals surface area contributed by atoms with Crippen molar-refractivity contribution in [3.05, 3.63) is 108 Å². The van der Waals surface area contributed by atoms with Gasteiger partial charge in [0.2, 0.25) is 4.80 Å². The van der Waals surface area contributed by atoms with E-state index in [0.717, 1.165) is 12.0 Å². The maximum atomic E-state index is 11.0. The Kier molecular flexibility index (Phi) is 6.51. The van der Waals surface area contributed by atoms with E-state index in [2.05, 4.69) is 10.1 Å². The SMILES string of the molecule is O=[N+]([O-])c1ccc(-c2csc(=NCCc3ccccc3)n2N=Cc2ccc([N+](=O)[O-])o2)cc1. The van der Waals surface area contributed by atoms with Crippen molar-refractivity contribution >= 4 is 29.1 Å². The lowest BCUT2D eigenvalue weighted by Gasteiger charge is -2.03. The highest BCUT2D eigenvalue weighted by Crippen LogP contribution is 2.23. The number of nitro benzene ring substituents is 1. The lowest BCUT2D eigenvalue weighted by atomic mass is 10.1. The molecule has 4 rings (SSSR count). The van der Waals surface area contributed by atoms with Crippen LogP contribution in [0.25, 0.3) is 11.3 Å². The van der Waals surface area contributed by atoms with E-state index in [1.54, 1.807) is 16.8 Å². The molecule has 0 saturated carbocycles. The third-order valence-electron chi connectivity index (χ3n) is 4.64. The molecule has 0 aliphatic rings. The number of non-ortho nitro benzene ring substituents is 1. The van der Waals surface area contributed by atoms with Crippen LogP contribution in [0.15, 0.2) is 86.6 Å². The van der Waals surface area contributed by atoms with Gasteiger partial charge in [0.25, 0.3) is 5.69 Å². The molecule has 0 bridgehead atoms. The van der Waals surface area contributed by atoms with Gasteiger partial charge in [-0.3, -0.25) is 25.2 Å². The molecule has 0 aliphatic carbocycles. The third kappa shape index (κ3) is 5.28. The summed E-state index contributed by atoms with van der Waals surface area (Å²) in [5.41, 5.74) is 2.53. The van der Waals surface area contributed by atoms with Gasteiger partial charge >= 0.3 is 5.88 Å². The van der Waals surface area contributed by atoms with E-state index in [0.29, 0.717) is 22.6 Å². The maximum Gasteiger partial charge on any atom is 0.433 e. The second kappa shape index (κ2) is 9.83. The van der Waals surface area contributed by atoms with E-state index >= 15 is 0 Å². The van der Waals surface area contributed by atoms with Gasteiger partial charge < -0.3 is 4.42 Å². The van der Waals surface area contributed by atoms with Gasteiger partial charge in [0.1, 0.15) is 4.92 Å². The molecule has 0 amide bonds. The lowest BCUT2D eigenvalue weighted by Crippen LogP contribution is -2.13. The molecule has 2 aromatic carbocycles. The van der Waals surface area contributed by atoms with E-state index in [9.17, 15) is 20.2 Å². The Morgan fingerprint density at radius 1 is 0.970 bits per heavy atom. The Balaban J connectivity index is 1.68. The number of nitrogens with zero attached hydrogens (tertiary/aromatic N) is 5. The Morgan fingerprint density at radius 2 is 1.73 bits per heavy atom. The van der Waals surface area contributed by atoms with Crippen molar-refractivity contribution in [3.8, 4) is 11.3 Å². The molecule has 0 unspecified atom stereocenters. The summed E-state index contributed by atoms with van der Waals surface area (Å²) >= 11 is 1.37. The fraction of sp³-hybridized carbons (Fsp3) is 0.0909. The van der Waals surface area contributed by atoms with Crippen LogP contribution >= 0.6 is 11.3 Å². The van der Waals surface area contributed by atoms with Crippen molar-refractivity contribution < 1.29 is 14.3 Å². The topological polar surface area (TPSA) is 129 Å². The van der Waals surface area contributed by atoms with Crippen LogP contribution in [0.4, 0.5) is 11.6 Å². The summed E-state index contributed by atoms with van der Waals surface area (Å²) in [6, 6.07) is 18.8. The number of benzene rings is 2. The van der Waals surface area contributed by atoms with Gasteiger partial charge in [-0.1, -0.05) is 30.3 Å². The minimum absolute atomic E-state index is 0.0142. The zero-order chi connectivity index (χ0) is 23.2. The summed E-state index contributed by atoms with van der Waals surface area (Å²) < 4.78 is 6.73. The zero-order valence-corrected chi connectivity index (χ0v) is 17.9. The summed E-state index contributed by atoms with van der Waals surface area (Å²) in [6.45, 7) is 0.534. The van der Waals surface area contributed by atoms with Gasteiger partial charge in [-0.25, -0.2) is 4.68 Å². The van der Waals surface area contributed by atoms with Gasteiger partial charge in [0.05, 0.1) is 22.9 Å². The van der Waals surface area contributed by atoms with Crippen LogP contribution < -0.4 is 4.80 Å². The van der Waals surface area contributed by atoms with Crippen molar-refractivity contribution in [1.82, 2.24) is 4.68 Å². The molecule has 2 heterocycles. The predicted molar refractivity (Wildman–Crippen MR) is 123 cm³/mol. The van der Waals surface area contributed by atoms with Gasteiger partial charge in [0.15, 0.2) is 5.76 Å². The highest BCUT2D eigenvalue weighted by molar-refractivity contribution is 7.07. The normalized spacial score (nSPS) is 11.8. The number of thiazole rings is 1. The van der Waals surface area contributed by atoms with Gasteiger partial charge in [-0.15, -0.1) is 11.3 Å². The first-order valence-electron chi connectivity index (χ1n) is 9.79. The van der Waals surface area contributed by atoms with Gasteiger partial charge in [-0.05, 0) is 30.2 Å². The van der Waals surface area contributed by atoms with Crippen LogP contribution in [0.1, 0.15) is 11.3 Å². The van der Waals surface area contributed by atoms with Crippen LogP contribution in [0.3, 0.4) is 0 Å². The monoisotopic (exact) mass is 463 g/mol. The number of hydrogen-bond donors (Lipinski definition) is 0. The number of rotatable bonds is 8. The van der Waals surface area contributed by atoms with Crippen LogP contribution in [-0.2, 0) is 6.42 Å². The van der Waals surface area contributed by atoms with Gasteiger partial charge in [-0.2, -0.15) is 5.10 Å². The second-order valence-corrected chi connectivity index (χ2v) is 7.65. The first kappa shape index (κ1) is 21.8. The molecule has 10 nitrogen and oxygen atoms in total. The average Bonchev–Trinajstić information content (AvgIpc) is 3.46. The van der Waals surface area contributed by atoms with E-state index < -0.39 is 9.85 Å². The van der Waals surface area contributed by atoms with Crippen molar-refractivity contribution in [3.63, 3.8) is 0 Å². The van der Waals surface area contributed by atoms with Crippen LogP contribution in [0.2, 0.25) is 0 Å². The van der Waals surface area contributed by atoms with Crippen molar-refractivity contribution in [2.75, 3.05) is 6.54 Å². The lowest BCUT2D eigenvalue weighted by molar-refractivity contribution is -0.402. The number of furan rings is 1. The van der Waals surface area contributed by atoms with E-state index in [1.807, 2.05) is 35.7 Å². The first-order chi connectivity index (χ1) is 16.0. The molecule has 166 valence electrons.